The minimum atomic E-state index is 0.826. The van der Waals surface area contributed by atoms with E-state index in [2.05, 4.69) is 76.1 Å². The summed E-state index contributed by atoms with van der Waals surface area (Å²) in [5, 5.41) is 1.27. The number of hydrogen-bond donors (Lipinski definition) is 0. The van der Waals surface area contributed by atoms with E-state index in [0.717, 1.165) is 40.4 Å². The number of benzene rings is 1. The second kappa shape index (κ2) is 7.99. The summed E-state index contributed by atoms with van der Waals surface area (Å²) in [5.74, 6) is 0.862. The molecule has 0 fully saturated rings. The SMILES string of the molecule is Cc1ccc2c(c1)c1c(n2-c2cc(-c3ccccn3)cc(-c3ccccn3)n2)C=CC=CC1. The molecule has 1 aliphatic rings. The summed E-state index contributed by atoms with van der Waals surface area (Å²) >= 11 is 0. The van der Waals surface area contributed by atoms with Gasteiger partial charge in [0.25, 0.3) is 0 Å². The predicted molar refractivity (Wildman–Crippen MR) is 134 cm³/mol. The maximum absolute atomic E-state index is 5.10. The van der Waals surface area contributed by atoms with Crippen LogP contribution < -0.4 is 0 Å². The van der Waals surface area contributed by atoms with Crippen molar-refractivity contribution in [3.63, 3.8) is 0 Å². The third-order valence-electron chi connectivity index (χ3n) is 6.02. The number of aromatic nitrogens is 4. The van der Waals surface area contributed by atoms with Crippen LogP contribution in [0.25, 0.3) is 45.4 Å². The molecule has 0 bridgehead atoms. The van der Waals surface area contributed by atoms with Crippen molar-refractivity contribution in [2.75, 3.05) is 0 Å². The van der Waals surface area contributed by atoms with Gasteiger partial charge in [0.2, 0.25) is 0 Å². The van der Waals surface area contributed by atoms with Crippen molar-refractivity contribution in [3.8, 4) is 28.5 Å². The van der Waals surface area contributed by atoms with Gasteiger partial charge in [-0.1, -0.05) is 42.0 Å². The molecule has 0 unspecified atom stereocenters. The fraction of sp³-hybridized carbons (Fsp3) is 0.0690. The van der Waals surface area contributed by atoms with Crippen LogP contribution in [0.2, 0.25) is 0 Å². The number of pyridine rings is 3. The van der Waals surface area contributed by atoms with Gasteiger partial charge in [0, 0.05) is 23.3 Å². The van der Waals surface area contributed by atoms with Crippen LogP contribution in [-0.2, 0) is 6.42 Å². The first-order chi connectivity index (χ1) is 16.3. The molecule has 0 amide bonds. The summed E-state index contributed by atoms with van der Waals surface area (Å²) < 4.78 is 2.27. The smallest absolute Gasteiger partial charge is 0.139 e. The lowest BCUT2D eigenvalue weighted by Gasteiger charge is -2.13. The zero-order valence-corrected chi connectivity index (χ0v) is 18.3. The summed E-state index contributed by atoms with van der Waals surface area (Å²) in [6.07, 6.45) is 13.1. The van der Waals surface area contributed by atoms with Crippen LogP contribution in [0.3, 0.4) is 0 Å². The minimum absolute atomic E-state index is 0.826. The Morgan fingerprint density at radius 3 is 2.39 bits per heavy atom. The molecule has 0 saturated carbocycles. The summed E-state index contributed by atoms with van der Waals surface area (Å²) in [7, 11) is 0. The molecular formula is C29H22N4. The highest BCUT2D eigenvalue weighted by atomic mass is 15.1. The highest BCUT2D eigenvalue weighted by molar-refractivity contribution is 5.91. The Kier molecular flexibility index (Phi) is 4.69. The van der Waals surface area contributed by atoms with Gasteiger partial charge in [0.15, 0.2) is 0 Å². The van der Waals surface area contributed by atoms with Crippen LogP contribution in [0.4, 0.5) is 0 Å². The number of hydrogen-bond acceptors (Lipinski definition) is 3. The molecule has 0 atom stereocenters. The standard InChI is InChI=1S/C29H22N4/c1-20-13-14-28-23(17-20)22-9-3-2-4-12-27(22)33(28)29-19-21(24-10-5-7-15-30-24)18-26(32-29)25-11-6-8-16-31-25/h2-8,10-19H,9H2,1H3. The van der Waals surface area contributed by atoms with Gasteiger partial charge in [-0.2, -0.15) is 0 Å². The first kappa shape index (κ1) is 19.4. The van der Waals surface area contributed by atoms with E-state index in [1.54, 1.807) is 6.20 Å². The second-order valence-electron chi connectivity index (χ2n) is 8.24. The molecular weight excluding hydrogens is 404 g/mol. The zero-order valence-electron chi connectivity index (χ0n) is 18.3. The van der Waals surface area contributed by atoms with Crippen LogP contribution in [-0.4, -0.2) is 19.5 Å². The van der Waals surface area contributed by atoms with Gasteiger partial charge in [0.05, 0.1) is 28.3 Å². The van der Waals surface area contributed by atoms with Crippen molar-refractivity contribution >= 4 is 17.0 Å². The number of rotatable bonds is 3. The predicted octanol–water partition coefficient (Wildman–Crippen LogP) is 6.58. The fourth-order valence-electron chi connectivity index (χ4n) is 4.49. The average molecular weight is 427 g/mol. The first-order valence-electron chi connectivity index (χ1n) is 11.1. The number of nitrogens with zero attached hydrogens (tertiary/aromatic N) is 4. The molecule has 4 nitrogen and oxygen atoms in total. The molecule has 0 radical (unpaired) electrons. The maximum Gasteiger partial charge on any atom is 0.139 e. The third kappa shape index (κ3) is 3.46. The van der Waals surface area contributed by atoms with E-state index in [0.29, 0.717) is 0 Å². The quantitative estimate of drug-likeness (QED) is 0.327. The van der Waals surface area contributed by atoms with Gasteiger partial charge in [-0.05, 0) is 73.5 Å². The van der Waals surface area contributed by atoms with Crippen molar-refractivity contribution in [3.05, 3.63) is 114 Å². The van der Waals surface area contributed by atoms with Crippen LogP contribution in [0.5, 0.6) is 0 Å². The van der Waals surface area contributed by atoms with Crippen LogP contribution in [0.1, 0.15) is 16.8 Å². The number of aryl methyl sites for hydroxylation is 1. The van der Waals surface area contributed by atoms with Gasteiger partial charge >= 0.3 is 0 Å². The summed E-state index contributed by atoms with van der Waals surface area (Å²) in [6, 6.07) is 22.7. The Morgan fingerprint density at radius 2 is 1.61 bits per heavy atom. The van der Waals surface area contributed by atoms with Crippen molar-refractivity contribution in [2.45, 2.75) is 13.3 Å². The van der Waals surface area contributed by atoms with E-state index in [1.807, 2.05) is 42.6 Å². The van der Waals surface area contributed by atoms with E-state index in [1.165, 1.54) is 22.2 Å². The molecule has 1 aliphatic carbocycles. The number of allylic oxidation sites excluding steroid dienone is 3. The maximum atomic E-state index is 5.10. The second-order valence-corrected chi connectivity index (χ2v) is 8.24. The van der Waals surface area contributed by atoms with Crippen molar-refractivity contribution in [2.24, 2.45) is 0 Å². The molecule has 0 aliphatic heterocycles. The minimum Gasteiger partial charge on any atom is -0.294 e. The van der Waals surface area contributed by atoms with Gasteiger partial charge in [-0.25, -0.2) is 4.98 Å². The average Bonchev–Trinajstić information content (AvgIpc) is 2.99. The van der Waals surface area contributed by atoms with Gasteiger partial charge in [-0.3, -0.25) is 14.5 Å². The van der Waals surface area contributed by atoms with E-state index < -0.39 is 0 Å². The Hall–Kier alpha value is -4.31. The summed E-state index contributed by atoms with van der Waals surface area (Å²) in [6.45, 7) is 2.14. The lowest BCUT2D eigenvalue weighted by molar-refractivity contribution is 1.02. The molecule has 5 aromatic rings. The van der Waals surface area contributed by atoms with E-state index in [-0.39, 0.29) is 0 Å². The molecule has 4 aromatic heterocycles. The van der Waals surface area contributed by atoms with Crippen LogP contribution in [0, 0.1) is 6.92 Å². The zero-order chi connectivity index (χ0) is 22.2. The van der Waals surface area contributed by atoms with Crippen LogP contribution >= 0.6 is 0 Å². The summed E-state index contributed by atoms with van der Waals surface area (Å²) in [5.41, 5.74) is 8.49. The largest absolute Gasteiger partial charge is 0.294 e. The Labute approximate surface area is 192 Å². The monoisotopic (exact) mass is 426 g/mol. The molecule has 33 heavy (non-hydrogen) atoms. The molecule has 0 spiro atoms. The highest BCUT2D eigenvalue weighted by Crippen LogP contribution is 2.34. The lowest BCUT2D eigenvalue weighted by Crippen LogP contribution is -2.03. The molecule has 4 heteroatoms. The summed E-state index contributed by atoms with van der Waals surface area (Å²) in [4.78, 5) is 14.3. The molecule has 158 valence electrons. The lowest BCUT2D eigenvalue weighted by atomic mass is 10.1. The van der Waals surface area contributed by atoms with Crippen LogP contribution in [0.15, 0.2) is 97.4 Å². The van der Waals surface area contributed by atoms with Gasteiger partial charge in [0.1, 0.15) is 5.82 Å². The van der Waals surface area contributed by atoms with Crippen molar-refractivity contribution in [1.82, 2.24) is 19.5 Å². The molecule has 0 saturated heterocycles. The van der Waals surface area contributed by atoms with E-state index >= 15 is 0 Å². The topological polar surface area (TPSA) is 43.6 Å². The fourth-order valence-corrected chi connectivity index (χ4v) is 4.49. The Balaban J connectivity index is 1.67. The van der Waals surface area contributed by atoms with E-state index in [4.69, 9.17) is 4.98 Å². The van der Waals surface area contributed by atoms with Crippen molar-refractivity contribution < 1.29 is 0 Å². The van der Waals surface area contributed by atoms with Gasteiger partial charge in [-0.15, -0.1) is 0 Å². The Morgan fingerprint density at radius 1 is 0.788 bits per heavy atom. The molecule has 4 heterocycles. The normalized spacial score (nSPS) is 12.6. The van der Waals surface area contributed by atoms with E-state index in [9.17, 15) is 0 Å². The van der Waals surface area contributed by atoms with Gasteiger partial charge < -0.3 is 0 Å². The third-order valence-corrected chi connectivity index (χ3v) is 6.02. The number of fused-ring (bicyclic) bond motifs is 3. The highest BCUT2D eigenvalue weighted by Gasteiger charge is 2.19. The van der Waals surface area contributed by atoms with Crippen molar-refractivity contribution in [1.29, 1.82) is 0 Å². The Bertz CT molecular complexity index is 1470. The molecule has 1 aromatic carbocycles. The molecule has 6 rings (SSSR count). The molecule has 0 N–H and O–H groups in total. The first-order valence-corrected chi connectivity index (χ1v) is 11.1.